The van der Waals surface area contributed by atoms with E-state index >= 15 is 0 Å². The van der Waals surface area contributed by atoms with E-state index in [0.29, 0.717) is 0 Å². The van der Waals surface area contributed by atoms with Gasteiger partial charge < -0.3 is 9.14 Å². The number of rotatable bonds is 3. The average molecular weight is 235 g/mol. The first-order valence-electron chi connectivity index (χ1n) is 4.92. The van der Waals surface area contributed by atoms with Crippen molar-refractivity contribution in [1.82, 2.24) is 9.38 Å². The van der Waals surface area contributed by atoms with Crippen LogP contribution in [0.15, 0.2) is 24.5 Å². The molecule has 2 rings (SSSR count). The predicted molar refractivity (Wildman–Crippen MR) is 57.8 cm³/mol. The molecular weight excluding hydrogens is 226 g/mol. The lowest BCUT2D eigenvalue weighted by Crippen LogP contribution is -2.04. The van der Waals surface area contributed by atoms with Crippen LogP contribution in [0.1, 0.15) is 17.4 Å². The summed E-state index contributed by atoms with van der Waals surface area (Å²) in [7, 11) is 0. The molecule has 0 bridgehead atoms. The molecule has 0 radical (unpaired) electrons. The summed E-state index contributed by atoms with van der Waals surface area (Å²) in [6.07, 6.45) is 2.98. The van der Waals surface area contributed by atoms with Gasteiger partial charge in [-0.2, -0.15) is 0 Å². The third-order valence-electron chi connectivity index (χ3n) is 2.14. The molecule has 0 atom stereocenters. The first-order chi connectivity index (χ1) is 8.13. The molecule has 0 saturated carbocycles. The second kappa shape index (κ2) is 4.20. The van der Waals surface area contributed by atoms with Gasteiger partial charge in [-0.15, -0.1) is 0 Å². The number of carbonyl (C=O) groups is 1. The molecule has 0 unspecified atom stereocenters. The van der Waals surface area contributed by atoms with Gasteiger partial charge in [0.05, 0.1) is 11.5 Å². The first-order valence-corrected chi connectivity index (χ1v) is 4.92. The molecule has 0 aliphatic carbocycles. The molecule has 0 saturated heterocycles. The van der Waals surface area contributed by atoms with E-state index in [1.807, 2.05) is 0 Å². The molecule has 2 heterocycles. The molecule has 2 aromatic heterocycles. The summed E-state index contributed by atoms with van der Waals surface area (Å²) < 4.78 is 6.19. The Morgan fingerprint density at radius 3 is 3.06 bits per heavy atom. The zero-order valence-corrected chi connectivity index (χ0v) is 8.99. The number of esters is 1. The van der Waals surface area contributed by atoms with Crippen molar-refractivity contribution in [2.75, 3.05) is 6.61 Å². The number of ether oxygens (including phenoxy) is 1. The van der Waals surface area contributed by atoms with Crippen LogP contribution in [0, 0.1) is 10.1 Å². The number of pyridine rings is 1. The second-order valence-corrected chi connectivity index (χ2v) is 3.23. The highest BCUT2D eigenvalue weighted by molar-refractivity contribution is 5.88. The lowest BCUT2D eigenvalue weighted by atomic mass is 10.4. The van der Waals surface area contributed by atoms with Crippen molar-refractivity contribution in [3.05, 3.63) is 40.3 Å². The van der Waals surface area contributed by atoms with Crippen LogP contribution < -0.4 is 0 Å². The fourth-order valence-corrected chi connectivity index (χ4v) is 1.44. The largest absolute Gasteiger partial charge is 0.461 e. The minimum atomic E-state index is -0.592. The van der Waals surface area contributed by atoms with Crippen LogP contribution in [0.2, 0.25) is 0 Å². The van der Waals surface area contributed by atoms with Crippen molar-refractivity contribution >= 4 is 17.3 Å². The number of imidazole rings is 1. The van der Waals surface area contributed by atoms with E-state index in [0.717, 1.165) is 0 Å². The lowest BCUT2D eigenvalue weighted by Gasteiger charge is -1.95. The number of hydrogen-bond donors (Lipinski definition) is 0. The quantitative estimate of drug-likeness (QED) is 0.456. The van der Waals surface area contributed by atoms with Crippen molar-refractivity contribution in [3.63, 3.8) is 0 Å². The summed E-state index contributed by atoms with van der Waals surface area (Å²) in [5.74, 6) is -0.592. The average Bonchev–Trinajstić information content (AvgIpc) is 2.72. The Morgan fingerprint density at radius 2 is 2.41 bits per heavy atom. The van der Waals surface area contributed by atoms with Gasteiger partial charge in [-0.05, 0) is 13.0 Å². The van der Waals surface area contributed by atoms with E-state index in [4.69, 9.17) is 4.74 Å². The van der Waals surface area contributed by atoms with Crippen LogP contribution in [-0.2, 0) is 4.74 Å². The SMILES string of the molecule is CCOC(=O)c1cn2cccc([N+](=O)[O-])c2n1. The minimum Gasteiger partial charge on any atom is -0.461 e. The van der Waals surface area contributed by atoms with Gasteiger partial charge in [-0.1, -0.05) is 0 Å². The smallest absolute Gasteiger partial charge is 0.358 e. The van der Waals surface area contributed by atoms with Crippen molar-refractivity contribution in [2.24, 2.45) is 0 Å². The number of hydrogen-bond acceptors (Lipinski definition) is 5. The summed E-state index contributed by atoms with van der Waals surface area (Å²) in [5.41, 5.74) is 0.0322. The van der Waals surface area contributed by atoms with Gasteiger partial charge in [-0.3, -0.25) is 10.1 Å². The van der Waals surface area contributed by atoms with Crippen LogP contribution >= 0.6 is 0 Å². The summed E-state index contributed by atoms with van der Waals surface area (Å²) in [6.45, 7) is 1.91. The van der Waals surface area contributed by atoms with Crippen LogP contribution in [0.5, 0.6) is 0 Å². The minimum absolute atomic E-state index is 0.0566. The monoisotopic (exact) mass is 235 g/mol. The highest BCUT2D eigenvalue weighted by Gasteiger charge is 2.18. The Balaban J connectivity index is 2.54. The highest BCUT2D eigenvalue weighted by atomic mass is 16.6. The van der Waals surface area contributed by atoms with Gasteiger partial charge >= 0.3 is 11.7 Å². The van der Waals surface area contributed by atoms with E-state index in [1.165, 1.54) is 22.7 Å². The molecule has 0 aliphatic rings. The number of nitro groups is 1. The highest BCUT2D eigenvalue weighted by Crippen LogP contribution is 2.18. The maximum atomic E-state index is 11.4. The second-order valence-electron chi connectivity index (χ2n) is 3.23. The van der Waals surface area contributed by atoms with E-state index in [-0.39, 0.29) is 23.6 Å². The molecule has 17 heavy (non-hydrogen) atoms. The standard InChI is InChI=1S/C10H9N3O4/c1-2-17-10(14)7-6-12-5-3-4-8(13(15)16)9(12)11-7/h3-6H,2H2,1H3. The molecule has 0 spiro atoms. The predicted octanol–water partition coefficient (Wildman–Crippen LogP) is 1.42. The van der Waals surface area contributed by atoms with Crippen molar-refractivity contribution < 1.29 is 14.5 Å². The van der Waals surface area contributed by atoms with Gasteiger partial charge in [0.15, 0.2) is 5.69 Å². The maximum absolute atomic E-state index is 11.4. The lowest BCUT2D eigenvalue weighted by molar-refractivity contribution is -0.383. The molecule has 2 aromatic rings. The van der Waals surface area contributed by atoms with Gasteiger partial charge in [0.25, 0.3) is 0 Å². The van der Waals surface area contributed by atoms with Crippen LogP contribution in [0.25, 0.3) is 5.65 Å². The van der Waals surface area contributed by atoms with Crippen molar-refractivity contribution in [2.45, 2.75) is 6.92 Å². The molecule has 7 nitrogen and oxygen atoms in total. The van der Waals surface area contributed by atoms with E-state index in [9.17, 15) is 14.9 Å². The zero-order valence-electron chi connectivity index (χ0n) is 8.99. The fourth-order valence-electron chi connectivity index (χ4n) is 1.44. The Labute approximate surface area is 95.8 Å². The molecule has 0 aromatic carbocycles. The normalized spacial score (nSPS) is 10.4. The molecule has 7 heteroatoms. The third kappa shape index (κ3) is 1.94. The van der Waals surface area contributed by atoms with E-state index in [2.05, 4.69) is 4.98 Å². The topological polar surface area (TPSA) is 86.7 Å². The molecule has 88 valence electrons. The Morgan fingerprint density at radius 1 is 1.65 bits per heavy atom. The Hall–Kier alpha value is -2.44. The summed E-state index contributed by atoms with van der Waals surface area (Å²) >= 11 is 0. The summed E-state index contributed by atoms with van der Waals surface area (Å²) in [6, 6.07) is 2.85. The van der Waals surface area contributed by atoms with Crippen LogP contribution in [0.3, 0.4) is 0 Å². The molecule has 0 aliphatic heterocycles. The van der Waals surface area contributed by atoms with Gasteiger partial charge in [0.1, 0.15) is 0 Å². The molecule has 0 amide bonds. The summed E-state index contributed by atoms with van der Waals surface area (Å²) in [5, 5.41) is 10.8. The van der Waals surface area contributed by atoms with Crippen LogP contribution in [-0.4, -0.2) is 26.9 Å². The fraction of sp³-hybridized carbons (Fsp3) is 0.200. The van der Waals surface area contributed by atoms with Crippen LogP contribution in [0.4, 0.5) is 5.69 Å². The van der Waals surface area contributed by atoms with Crippen molar-refractivity contribution in [3.8, 4) is 0 Å². The maximum Gasteiger partial charge on any atom is 0.358 e. The van der Waals surface area contributed by atoms with Gasteiger partial charge in [-0.25, -0.2) is 9.78 Å². The number of aromatic nitrogens is 2. The van der Waals surface area contributed by atoms with E-state index in [1.54, 1.807) is 13.1 Å². The van der Waals surface area contributed by atoms with Crippen molar-refractivity contribution in [1.29, 1.82) is 0 Å². The molecular formula is C10H9N3O4. The number of fused-ring (bicyclic) bond motifs is 1. The van der Waals surface area contributed by atoms with Gasteiger partial charge in [0.2, 0.25) is 5.65 Å². The molecule has 0 N–H and O–H groups in total. The van der Waals surface area contributed by atoms with Gasteiger partial charge in [0, 0.05) is 18.5 Å². The zero-order chi connectivity index (χ0) is 12.4. The number of nitrogens with zero attached hydrogens (tertiary/aromatic N) is 3. The Bertz CT molecular complexity index is 590. The molecule has 0 fully saturated rings. The first kappa shape index (κ1) is 11.1. The Kier molecular flexibility index (Phi) is 2.73. The number of carbonyl (C=O) groups excluding carboxylic acids is 1. The summed E-state index contributed by atoms with van der Waals surface area (Å²) in [4.78, 5) is 25.5. The third-order valence-corrected chi connectivity index (χ3v) is 2.14. The van der Waals surface area contributed by atoms with E-state index < -0.39 is 10.9 Å².